The van der Waals surface area contributed by atoms with Gasteiger partial charge in [0, 0.05) is 6.54 Å². The fraction of sp³-hybridized carbons (Fsp3) is 0.467. The SMILES string of the molecule is CCC1NC(=O)CN(Cc2ccc(OC)c(OC)c2)C1=O. The molecule has 0 aliphatic carbocycles. The molecule has 1 aromatic carbocycles. The molecule has 1 N–H and O–H groups in total. The van der Waals surface area contributed by atoms with Gasteiger partial charge in [-0.3, -0.25) is 9.59 Å². The molecule has 0 aromatic heterocycles. The topological polar surface area (TPSA) is 67.9 Å². The minimum Gasteiger partial charge on any atom is -0.493 e. The Hall–Kier alpha value is -2.24. The number of ether oxygens (including phenoxy) is 2. The van der Waals surface area contributed by atoms with Crippen molar-refractivity contribution in [2.24, 2.45) is 0 Å². The number of amides is 2. The first kappa shape index (κ1) is 15.2. The molecule has 6 heteroatoms. The molecular weight excluding hydrogens is 272 g/mol. The Labute approximate surface area is 124 Å². The lowest BCUT2D eigenvalue weighted by molar-refractivity contribution is -0.144. The van der Waals surface area contributed by atoms with Crippen molar-refractivity contribution in [3.05, 3.63) is 23.8 Å². The number of hydrogen-bond donors (Lipinski definition) is 1. The average molecular weight is 292 g/mol. The lowest BCUT2D eigenvalue weighted by Gasteiger charge is -2.32. The van der Waals surface area contributed by atoms with E-state index in [1.54, 1.807) is 25.2 Å². The molecule has 1 unspecified atom stereocenters. The van der Waals surface area contributed by atoms with Crippen LogP contribution in [-0.2, 0) is 16.1 Å². The molecule has 6 nitrogen and oxygen atoms in total. The third-order valence-corrected chi connectivity index (χ3v) is 3.51. The van der Waals surface area contributed by atoms with E-state index in [9.17, 15) is 9.59 Å². The Bertz CT molecular complexity index is 544. The van der Waals surface area contributed by atoms with Gasteiger partial charge in [-0.25, -0.2) is 0 Å². The van der Waals surface area contributed by atoms with Crippen molar-refractivity contribution in [2.45, 2.75) is 25.9 Å². The van der Waals surface area contributed by atoms with Crippen LogP contribution in [0.4, 0.5) is 0 Å². The van der Waals surface area contributed by atoms with Crippen molar-refractivity contribution in [1.82, 2.24) is 10.2 Å². The largest absolute Gasteiger partial charge is 0.493 e. The highest BCUT2D eigenvalue weighted by Crippen LogP contribution is 2.28. The van der Waals surface area contributed by atoms with Crippen LogP contribution >= 0.6 is 0 Å². The first-order valence-corrected chi connectivity index (χ1v) is 6.88. The van der Waals surface area contributed by atoms with E-state index < -0.39 is 6.04 Å². The Morgan fingerprint density at radius 3 is 2.57 bits per heavy atom. The van der Waals surface area contributed by atoms with Crippen LogP contribution in [0.15, 0.2) is 18.2 Å². The van der Waals surface area contributed by atoms with Crippen LogP contribution in [0.3, 0.4) is 0 Å². The lowest BCUT2D eigenvalue weighted by atomic mass is 10.1. The van der Waals surface area contributed by atoms with Crippen molar-refractivity contribution >= 4 is 11.8 Å². The van der Waals surface area contributed by atoms with E-state index in [1.807, 2.05) is 19.1 Å². The summed E-state index contributed by atoms with van der Waals surface area (Å²) in [7, 11) is 3.14. The normalized spacial score (nSPS) is 18.4. The number of hydrogen-bond acceptors (Lipinski definition) is 4. The molecule has 0 spiro atoms. The monoisotopic (exact) mass is 292 g/mol. The van der Waals surface area contributed by atoms with Crippen molar-refractivity contribution in [3.8, 4) is 11.5 Å². The maximum absolute atomic E-state index is 12.2. The van der Waals surface area contributed by atoms with E-state index in [1.165, 1.54) is 0 Å². The zero-order chi connectivity index (χ0) is 15.4. The number of carbonyl (C=O) groups is 2. The summed E-state index contributed by atoms with van der Waals surface area (Å²) in [5.41, 5.74) is 0.894. The molecule has 1 fully saturated rings. The summed E-state index contributed by atoms with van der Waals surface area (Å²) in [5.74, 6) is 1.07. The second-order valence-electron chi connectivity index (χ2n) is 4.91. The quantitative estimate of drug-likeness (QED) is 0.877. The highest BCUT2D eigenvalue weighted by Gasteiger charge is 2.31. The summed E-state index contributed by atoms with van der Waals surface area (Å²) in [5, 5.41) is 2.70. The molecule has 0 radical (unpaired) electrons. The molecule has 1 aromatic rings. The number of nitrogens with one attached hydrogen (secondary N) is 1. The summed E-state index contributed by atoms with van der Waals surface area (Å²) >= 11 is 0. The molecule has 1 atom stereocenters. The second-order valence-corrected chi connectivity index (χ2v) is 4.91. The van der Waals surface area contributed by atoms with Crippen LogP contribution < -0.4 is 14.8 Å². The van der Waals surface area contributed by atoms with Crippen molar-refractivity contribution in [2.75, 3.05) is 20.8 Å². The van der Waals surface area contributed by atoms with E-state index >= 15 is 0 Å². The first-order chi connectivity index (χ1) is 10.1. The number of rotatable bonds is 5. The minimum atomic E-state index is -0.425. The fourth-order valence-electron chi connectivity index (χ4n) is 2.38. The molecule has 1 saturated heterocycles. The van der Waals surface area contributed by atoms with Gasteiger partial charge in [0.2, 0.25) is 11.8 Å². The lowest BCUT2D eigenvalue weighted by Crippen LogP contribution is -2.57. The number of benzene rings is 1. The first-order valence-electron chi connectivity index (χ1n) is 6.88. The van der Waals surface area contributed by atoms with Gasteiger partial charge in [-0.2, -0.15) is 0 Å². The van der Waals surface area contributed by atoms with Gasteiger partial charge in [0.05, 0.1) is 20.8 Å². The molecular formula is C15H20N2O4. The fourth-order valence-corrected chi connectivity index (χ4v) is 2.38. The standard InChI is InChI=1S/C15H20N2O4/c1-4-11-15(19)17(9-14(18)16-11)8-10-5-6-12(20-2)13(7-10)21-3/h5-7,11H,4,8-9H2,1-3H3,(H,16,18). The van der Waals surface area contributed by atoms with Gasteiger partial charge in [-0.1, -0.05) is 13.0 Å². The molecule has 114 valence electrons. The highest BCUT2D eigenvalue weighted by atomic mass is 16.5. The Morgan fingerprint density at radius 1 is 1.24 bits per heavy atom. The molecule has 1 heterocycles. The molecule has 21 heavy (non-hydrogen) atoms. The van der Waals surface area contributed by atoms with E-state index in [4.69, 9.17) is 9.47 Å². The number of carbonyl (C=O) groups excluding carboxylic acids is 2. The van der Waals surface area contributed by atoms with Crippen LogP contribution in [0.1, 0.15) is 18.9 Å². The maximum atomic E-state index is 12.2. The third kappa shape index (κ3) is 3.26. The Balaban J connectivity index is 2.16. The zero-order valence-electron chi connectivity index (χ0n) is 12.5. The van der Waals surface area contributed by atoms with Gasteiger partial charge in [0.25, 0.3) is 0 Å². The van der Waals surface area contributed by atoms with Gasteiger partial charge in [0.15, 0.2) is 11.5 Å². The molecule has 2 amide bonds. The van der Waals surface area contributed by atoms with Gasteiger partial charge in [-0.15, -0.1) is 0 Å². The van der Waals surface area contributed by atoms with Crippen LogP contribution in [-0.4, -0.2) is 43.5 Å². The average Bonchev–Trinajstić information content (AvgIpc) is 2.50. The predicted molar refractivity (Wildman–Crippen MR) is 77.2 cm³/mol. The van der Waals surface area contributed by atoms with Gasteiger partial charge in [-0.05, 0) is 24.1 Å². The second kappa shape index (κ2) is 6.47. The van der Waals surface area contributed by atoms with E-state index in [0.717, 1.165) is 5.56 Å². The maximum Gasteiger partial charge on any atom is 0.245 e. The minimum absolute atomic E-state index is 0.0492. The summed E-state index contributed by atoms with van der Waals surface area (Å²) in [6, 6.07) is 5.05. The molecule has 0 bridgehead atoms. The number of nitrogens with zero attached hydrogens (tertiary/aromatic N) is 1. The summed E-state index contributed by atoms with van der Waals surface area (Å²) in [6.45, 7) is 2.34. The Kier molecular flexibility index (Phi) is 4.67. The van der Waals surface area contributed by atoms with E-state index in [0.29, 0.717) is 24.5 Å². The number of methoxy groups -OCH3 is 2. The highest BCUT2D eigenvalue weighted by molar-refractivity contribution is 5.94. The molecule has 1 aliphatic heterocycles. The molecule has 2 rings (SSSR count). The molecule has 1 aliphatic rings. The summed E-state index contributed by atoms with van der Waals surface area (Å²) in [4.78, 5) is 25.5. The smallest absolute Gasteiger partial charge is 0.245 e. The van der Waals surface area contributed by atoms with Crippen LogP contribution in [0.5, 0.6) is 11.5 Å². The zero-order valence-corrected chi connectivity index (χ0v) is 12.5. The Morgan fingerprint density at radius 2 is 1.95 bits per heavy atom. The van der Waals surface area contributed by atoms with E-state index in [2.05, 4.69) is 5.32 Å². The summed E-state index contributed by atoms with van der Waals surface area (Å²) < 4.78 is 10.4. The summed E-state index contributed by atoms with van der Waals surface area (Å²) in [6.07, 6.45) is 0.590. The van der Waals surface area contributed by atoms with Crippen LogP contribution in [0, 0.1) is 0 Å². The van der Waals surface area contributed by atoms with Crippen molar-refractivity contribution < 1.29 is 19.1 Å². The predicted octanol–water partition coefficient (Wildman–Crippen LogP) is 0.941. The van der Waals surface area contributed by atoms with Gasteiger partial charge in [0.1, 0.15) is 6.04 Å². The van der Waals surface area contributed by atoms with Gasteiger partial charge >= 0.3 is 0 Å². The van der Waals surface area contributed by atoms with Crippen LogP contribution in [0.25, 0.3) is 0 Å². The van der Waals surface area contributed by atoms with Crippen LogP contribution in [0.2, 0.25) is 0 Å². The third-order valence-electron chi connectivity index (χ3n) is 3.51. The number of piperazine rings is 1. The van der Waals surface area contributed by atoms with Crippen molar-refractivity contribution in [3.63, 3.8) is 0 Å². The van der Waals surface area contributed by atoms with E-state index in [-0.39, 0.29) is 18.4 Å². The molecule has 0 saturated carbocycles. The van der Waals surface area contributed by atoms with Gasteiger partial charge < -0.3 is 19.7 Å². The van der Waals surface area contributed by atoms with Crippen molar-refractivity contribution in [1.29, 1.82) is 0 Å².